The smallest absolute Gasteiger partial charge is 0.299 e. The van der Waals surface area contributed by atoms with E-state index >= 15 is 0 Å². The number of hydrogen-bond acceptors (Lipinski definition) is 3. The Bertz CT molecular complexity index is 572. The minimum absolute atomic E-state index is 0.0861. The molecule has 0 bridgehead atoms. The lowest BCUT2D eigenvalue weighted by Crippen LogP contribution is -2.59. The number of nitrogens with zero attached hydrogens (tertiary/aromatic N) is 2. The number of hydrogen-bond donors (Lipinski definition) is 1. The maximum absolute atomic E-state index is 12.3. The molecule has 1 aliphatic rings. The van der Waals surface area contributed by atoms with Crippen LogP contribution in [0.25, 0.3) is 0 Å². The Hall–Kier alpha value is -2.32. The monoisotopic (exact) mass is 285 g/mol. The SMILES string of the molecule is CN(C)C(=O)C1CNCCN1C(=O)C#Cc1ccccc1. The fourth-order valence-corrected chi connectivity index (χ4v) is 2.18. The summed E-state index contributed by atoms with van der Waals surface area (Å²) >= 11 is 0. The third kappa shape index (κ3) is 3.83. The minimum Gasteiger partial charge on any atom is -0.347 e. The van der Waals surface area contributed by atoms with Gasteiger partial charge < -0.3 is 15.1 Å². The molecular formula is C16H19N3O2. The van der Waals surface area contributed by atoms with Crippen LogP contribution in [-0.4, -0.2) is 61.4 Å². The average Bonchev–Trinajstić information content (AvgIpc) is 2.52. The maximum Gasteiger partial charge on any atom is 0.299 e. The van der Waals surface area contributed by atoms with Gasteiger partial charge in [0, 0.05) is 45.2 Å². The predicted molar refractivity (Wildman–Crippen MR) is 80.4 cm³/mol. The van der Waals surface area contributed by atoms with E-state index in [4.69, 9.17) is 0 Å². The number of carbonyl (C=O) groups is 2. The van der Waals surface area contributed by atoms with E-state index in [9.17, 15) is 9.59 Å². The van der Waals surface area contributed by atoms with Crippen LogP contribution >= 0.6 is 0 Å². The van der Waals surface area contributed by atoms with Crippen molar-refractivity contribution in [1.29, 1.82) is 0 Å². The van der Waals surface area contributed by atoms with E-state index in [2.05, 4.69) is 17.2 Å². The van der Waals surface area contributed by atoms with Crippen LogP contribution in [0.3, 0.4) is 0 Å². The van der Waals surface area contributed by atoms with Crippen LogP contribution in [0.15, 0.2) is 30.3 Å². The molecular weight excluding hydrogens is 266 g/mol. The standard InChI is InChI=1S/C16H19N3O2/c1-18(2)16(21)14-12-17-10-11-19(14)15(20)9-8-13-6-4-3-5-7-13/h3-7,14,17H,10-12H2,1-2H3. The largest absolute Gasteiger partial charge is 0.347 e. The highest BCUT2D eigenvalue weighted by Crippen LogP contribution is 2.06. The van der Waals surface area contributed by atoms with Crippen molar-refractivity contribution in [2.24, 2.45) is 0 Å². The van der Waals surface area contributed by atoms with Crippen molar-refractivity contribution in [3.05, 3.63) is 35.9 Å². The van der Waals surface area contributed by atoms with Crippen LogP contribution in [0.5, 0.6) is 0 Å². The topological polar surface area (TPSA) is 52.7 Å². The van der Waals surface area contributed by atoms with Crippen LogP contribution in [0, 0.1) is 11.8 Å². The van der Waals surface area contributed by atoms with Crippen LogP contribution in [0.4, 0.5) is 0 Å². The second-order valence-electron chi connectivity index (χ2n) is 5.07. The molecule has 21 heavy (non-hydrogen) atoms. The molecule has 1 atom stereocenters. The zero-order valence-electron chi connectivity index (χ0n) is 12.3. The lowest BCUT2D eigenvalue weighted by atomic mass is 10.1. The number of piperazine rings is 1. The molecule has 1 unspecified atom stereocenters. The highest BCUT2D eigenvalue weighted by atomic mass is 16.2. The Labute approximate surface area is 124 Å². The summed E-state index contributed by atoms with van der Waals surface area (Å²) in [6, 6.07) is 8.86. The summed E-state index contributed by atoms with van der Waals surface area (Å²) in [6.45, 7) is 1.64. The van der Waals surface area contributed by atoms with Crippen LogP contribution in [0.2, 0.25) is 0 Å². The zero-order chi connectivity index (χ0) is 15.2. The van der Waals surface area contributed by atoms with Crippen molar-refractivity contribution in [3.63, 3.8) is 0 Å². The van der Waals surface area contributed by atoms with Gasteiger partial charge in [0.1, 0.15) is 6.04 Å². The lowest BCUT2D eigenvalue weighted by molar-refractivity contribution is -0.142. The molecule has 5 nitrogen and oxygen atoms in total. The van der Waals surface area contributed by atoms with Gasteiger partial charge in [-0.3, -0.25) is 9.59 Å². The molecule has 1 aliphatic heterocycles. The highest BCUT2D eigenvalue weighted by molar-refractivity contribution is 5.97. The second-order valence-corrected chi connectivity index (χ2v) is 5.07. The first kappa shape index (κ1) is 15.1. The Balaban J connectivity index is 2.13. The van der Waals surface area contributed by atoms with Crippen LogP contribution in [0.1, 0.15) is 5.56 Å². The first-order valence-corrected chi connectivity index (χ1v) is 6.89. The average molecular weight is 285 g/mol. The fourth-order valence-electron chi connectivity index (χ4n) is 2.18. The first-order chi connectivity index (χ1) is 10.1. The summed E-state index contributed by atoms with van der Waals surface area (Å²) in [4.78, 5) is 27.4. The molecule has 1 N–H and O–H groups in total. The molecule has 0 aromatic heterocycles. The van der Waals surface area contributed by atoms with Crippen molar-refractivity contribution >= 4 is 11.8 Å². The molecule has 110 valence electrons. The molecule has 1 heterocycles. The molecule has 0 aliphatic carbocycles. The molecule has 1 aromatic rings. The van der Waals surface area contributed by atoms with Gasteiger partial charge in [-0.2, -0.15) is 0 Å². The van der Waals surface area contributed by atoms with Crippen molar-refractivity contribution in [1.82, 2.24) is 15.1 Å². The summed E-state index contributed by atoms with van der Waals surface area (Å²) < 4.78 is 0. The quantitative estimate of drug-likeness (QED) is 0.735. The van der Waals surface area contributed by atoms with Gasteiger partial charge in [-0.15, -0.1) is 0 Å². The molecule has 0 saturated carbocycles. The summed E-state index contributed by atoms with van der Waals surface area (Å²) in [5.74, 6) is 5.08. The molecule has 0 radical (unpaired) electrons. The predicted octanol–water partition coefficient (Wildman–Crippen LogP) is -0.0733. The van der Waals surface area contributed by atoms with Gasteiger partial charge in [-0.1, -0.05) is 24.1 Å². The molecule has 5 heteroatoms. The molecule has 1 fully saturated rings. The van der Waals surface area contributed by atoms with Gasteiger partial charge in [-0.25, -0.2) is 0 Å². The molecule has 2 amide bonds. The van der Waals surface area contributed by atoms with Crippen molar-refractivity contribution in [2.45, 2.75) is 6.04 Å². The number of benzene rings is 1. The molecule has 1 aromatic carbocycles. The van der Waals surface area contributed by atoms with E-state index in [0.29, 0.717) is 19.6 Å². The first-order valence-electron chi connectivity index (χ1n) is 6.89. The van der Waals surface area contributed by atoms with E-state index in [-0.39, 0.29) is 11.8 Å². The number of amides is 2. The van der Waals surface area contributed by atoms with Crippen LogP contribution < -0.4 is 5.32 Å². The van der Waals surface area contributed by atoms with E-state index in [1.54, 1.807) is 19.0 Å². The summed E-state index contributed by atoms with van der Waals surface area (Å²) in [7, 11) is 3.38. The summed E-state index contributed by atoms with van der Waals surface area (Å²) in [6.07, 6.45) is 0. The summed E-state index contributed by atoms with van der Waals surface area (Å²) in [5.41, 5.74) is 0.788. The second kappa shape index (κ2) is 6.91. The van der Waals surface area contributed by atoms with E-state index in [1.807, 2.05) is 30.3 Å². The van der Waals surface area contributed by atoms with Gasteiger partial charge >= 0.3 is 0 Å². The molecule has 0 spiro atoms. The van der Waals surface area contributed by atoms with Crippen molar-refractivity contribution < 1.29 is 9.59 Å². The van der Waals surface area contributed by atoms with Gasteiger partial charge in [0.2, 0.25) is 5.91 Å². The third-order valence-electron chi connectivity index (χ3n) is 3.32. The normalized spacial score (nSPS) is 17.6. The number of carbonyl (C=O) groups excluding carboxylic acids is 2. The Morgan fingerprint density at radius 1 is 1.29 bits per heavy atom. The maximum atomic E-state index is 12.3. The number of rotatable bonds is 1. The van der Waals surface area contributed by atoms with E-state index in [0.717, 1.165) is 5.56 Å². The Morgan fingerprint density at radius 3 is 2.67 bits per heavy atom. The fraction of sp³-hybridized carbons (Fsp3) is 0.375. The van der Waals surface area contributed by atoms with Gasteiger partial charge in [0.05, 0.1) is 0 Å². The number of likely N-dealkylation sites (N-methyl/N-ethyl adjacent to an activating group) is 1. The van der Waals surface area contributed by atoms with Crippen molar-refractivity contribution in [3.8, 4) is 11.8 Å². The van der Waals surface area contributed by atoms with Crippen molar-refractivity contribution in [2.75, 3.05) is 33.7 Å². The van der Waals surface area contributed by atoms with Gasteiger partial charge in [-0.05, 0) is 12.1 Å². The van der Waals surface area contributed by atoms with Gasteiger partial charge in [0.25, 0.3) is 5.91 Å². The highest BCUT2D eigenvalue weighted by Gasteiger charge is 2.32. The lowest BCUT2D eigenvalue weighted by Gasteiger charge is -2.35. The third-order valence-corrected chi connectivity index (χ3v) is 3.32. The van der Waals surface area contributed by atoms with Crippen LogP contribution in [-0.2, 0) is 9.59 Å². The molecule has 2 rings (SSSR count). The van der Waals surface area contributed by atoms with E-state index < -0.39 is 6.04 Å². The Morgan fingerprint density at radius 2 is 2.00 bits per heavy atom. The van der Waals surface area contributed by atoms with Gasteiger partial charge in [0.15, 0.2) is 0 Å². The summed E-state index contributed by atoms with van der Waals surface area (Å²) in [5, 5.41) is 3.14. The number of nitrogens with one attached hydrogen (secondary N) is 1. The Kier molecular flexibility index (Phi) is 4.96. The zero-order valence-corrected chi connectivity index (χ0v) is 12.3. The molecule has 1 saturated heterocycles. The van der Waals surface area contributed by atoms with E-state index in [1.165, 1.54) is 4.90 Å². The minimum atomic E-state index is -0.480.